The molecular weight excluding hydrogens is 212 g/mol. The molecule has 0 saturated carbocycles. The fourth-order valence-electron chi connectivity index (χ4n) is 1.60. The standard InChI is InChI=1S/C14H20N2O/c1-4-8-16-14(10-15)12-6-5-7-13(9-12)17-11(2)3/h1,5-7,9,11,14,16H,8,10,15H2,2-3H3. The van der Waals surface area contributed by atoms with Crippen LogP contribution < -0.4 is 15.8 Å². The molecule has 1 aromatic rings. The fraction of sp³-hybridized carbons (Fsp3) is 0.429. The summed E-state index contributed by atoms with van der Waals surface area (Å²) in [7, 11) is 0. The second-order valence-corrected chi connectivity index (χ2v) is 4.11. The number of terminal acetylenes is 1. The van der Waals surface area contributed by atoms with Gasteiger partial charge in [-0.05, 0) is 31.5 Å². The summed E-state index contributed by atoms with van der Waals surface area (Å²) in [5, 5.41) is 3.20. The maximum atomic E-state index is 5.72. The van der Waals surface area contributed by atoms with Crippen LogP contribution in [0.4, 0.5) is 0 Å². The number of nitrogens with two attached hydrogens (primary N) is 1. The van der Waals surface area contributed by atoms with Gasteiger partial charge in [-0.15, -0.1) is 6.42 Å². The van der Waals surface area contributed by atoms with Gasteiger partial charge in [-0.25, -0.2) is 0 Å². The summed E-state index contributed by atoms with van der Waals surface area (Å²) < 4.78 is 5.65. The SMILES string of the molecule is C#CCNC(CN)c1cccc(OC(C)C)c1. The van der Waals surface area contributed by atoms with Crippen molar-refractivity contribution in [2.24, 2.45) is 5.73 Å². The van der Waals surface area contributed by atoms with Gasteiger partial charge in [0.25, 0.3) is 0 Å². The van der Waals surface area contributed by atoms with Gasteiger partial charge in [0.15, 0.2) is 0 Å². The first-order chi connectivity index (χ1) is 8.17. The van der Waals surface area contributed by atoms with Gasteiger partial charge in [-0.3, -0.25) is 5.32 Å². The molecule has 1 aromatic carbocycles. The van der Waals surface area contributed by atoms with E-state index >= 15 is 0 Å². The van der Waals surface area contributed by atoms with Crippen molar-refractivity contribution < 1.29 is 4.74 Å². The maximum Gasteiger partial charge on any atom is 0.120 e. The molecule has 0 radical (unpaired) electrons. The second kappa shape index (κ2) is 6.95. The van der Waals surface area contributed by atoms with Gasteiger partial charge in [0.1, 0.15) is 5.75 Å². The van der Waals surface area contributed by atoms with Crippen molar-refractivity contribution in [3.8, 4) is 18.1 Å². The van der Waals surface area contributed by atoms with E-state index in [1.807, 2.05) is 38.1 Å². The van der Waals surface area contributed by atoms with Crippen LogP contribution in [0.3, 0.4) is 0 Å². The molecule has 1 rings (SSSR count). The van der Waals surface area contributed by atoms with Crippen molar-refractivity contribution in [3.05, 3.63) is 29.8 Å². The minimum atomic E-state index is 0.0711. The van der Waals surface area contributed by atoms with Crippen LogP contribution in [0.15, 0.2) is 24.3 Å². The zero-order valence-corrected chi connectivity index (χ0v) is 10.4. The molecule has 0 aromatic heterocycles. The summed E-state index contributed by atoms with van der Waals surface area (Å²) in [6.07, 6.45) is 5.39. The first-order valence-electron chi connectivity index (χ1n) is 5.81. The lowest BCUT2D eigenvalue weighted by Crippen LogP contribution is -2.28. The number of hydrogen-bond acceptors (Lipinski definition) is 3. The molecule has 0 aliphatic rings. The summed E-state index contributed by atoms with van der Waals surface area (Å²) in [6.45, 7) is 5.03. The molecule has 3 heteroatoms. The van der Waals surface area contributed by atoms with Gasteiger partial charge in [-0.2, -0.15) is 0 Å². The number of benzene rings is 1. The Morgan fingerprint density at radius 3 is 2.82 bits per heavy atom. The number of nitrogens with one attached hydrogen (secondary N) is 1. The molecule has 0 spiro atoms. The van der Waals surface area contributed by atoms with Gasteiger partial charge in [0.05, 0.1) is 12.6 Å². The zero-order chi connectivity index (χ0) is 12.7. The van der Waals surface area contributed by atoms with Gasteiger partial charge in [0, 0.05) is 12.6 Å². The smallest absolute Gasteiger partial charge is 0.120 e. The van der Waals surface area contributed by atoms with Crippen LogP contribution in [0.2, 0.25) is 0 Å². The van der Waals surface area contributed by atoms with Crippen LogP contribution in [0.25, 0.3) is 0 Å². The topological polar surface area (TPSA) is 47.3 Å². The fourth-order valence-corrected chi connectivity index (χ4v) is 1.60. The summed E-state index contributed by atoms with van der Waals surface area (Å²) in [6, 6.07) is 8.00. The highest BCUT2D eigenvalue weighted by Gasteiger charge is 2.09. The second-order valence-electron chi connectivity index (χ2n) is 4.11. The number of rotatable bonds is 6. The van der Waals surface area contributed by atoms with Crippen molar-refractivity contribution in [3.63, 3.8) is 0 Å². The quantitative estimate of drug-likeness (QED) is 0.734. The lowest BCUT2D eigenvalue weighted by Gasteiger charge is -2.17. The predicted molar refractivity (Wildman–Crippen MR) is 70.8 cm³/mol. The molecule has 0 fully saturated rings. The van der Waals surface area contributed by atoms with Crippen molar-refractivity contribution >= 4 is 0 Å². The monoisotopic (exact) mass is 232 g/mol. The Balaban J connectivity index is 2.78. The van der Waals surface area contributed by atoms with E-state index in [-0.39, 0.29) is 12.1 Å². The Bertz CT molecular complexity index is 382. The van der Waals surface area contributed by atoms with Gasteiger partial charge in [-0.1, -0.05) is 18.1 Å². The highest BCUT2D eigenvalue weighted by Crippen LogP contribution is 2.19. The summed E-state index contributed by atoms with van der Waals surface area (Å²) in [5.41, 5.74) is 6.82. The Labute approximate surface area is 103 Å². The van der Waals surface area contributed by atoms with Gasteiger partial charge >= 0.3 is 0 Å². The first-order valence-corrected chi connectivity index (χ1v) is 5.81. The first kappa shape index (κ1) is 13.6. The third kappa shape index (κ3) is 4.48. The zero-order valence-electron chi connectivity index (χ0n) is 10.4. The molecule has 1 unspecified atom stereocenters. The van der Waals surface area contributed by atoms with Gasteiger partial charge in [0.2, 0.25) is 0 Å². The highest BCUT2D eigenvalue weighted by molar-refractivity contribution is 5.31. The largest absolute Gasteiger partial charge is 0.491 e. The van der Waals surface area contributed by atoms with Crippen molar-refractivity contribution in [2.45, 2.75) is 26.0 Å². The molecule has 3 N–H and O–H groups in total. The van der Waals surface area contributed by atoms with E-state index in [9.17, 15) is 0 Å². The molecule has 0 saturated heterocycles. The Hall–Kier alpha value is -1.50. The number of hydrogen-bond donors (Lipinski definition) is 2. The van der Waals surface area contributed by atoms with Crippen LogP contribution in [0.5, 0.6) is 5.75 Å². The molecule has 0 aliphatic heterocycles. The molecule has 0 heterocycles. The Kier molecular flexibility index (Phi) is 5.55. The van der Waals surface area contributed by atoms with E-state index in [0.717, 1.165) is 11.3 Å². The minimum Gasteiger partial charge on any atom is -0.491 e. The molecule has 0 amide bonds. The molecule has 0 bridgehead atoms. The lowest BCUT2D eigenvalue weighted by atomic mass is 10.1. The lowest BCUT2D eigenvalue weighted by molar-refractivity contribution is 0.242. The van der Waals surface area contributed by atoms with E-state index in [1.54, 1.807) is 0 Å². The van der Waals surface area contributed by atoms with Crippen LogP contribution in [0.1, 0.15) is 25.5 Å². The molecule has 1 atom stereocenters. The molecule has 0 aliphatic carbocycles. The molecule has 92 valence electrons. The Morgan fingerprint density at radius 2 is 2.24 bits per heavy atom. The Morgan fingerprint density at radius 1 is 1.47 bits per heavy atom. The average Bonchev–Trinajstić information content (AvgIpc) is 2.30. The average molecular weight is 232 g/mol. The molecule has 3 nitrogen and oxygen atoms in total. The van der Waals surface area contributed by atoms with E-state index < -0.39 is 0 Å². The van der Waals surface area contributed by atoms with Gasteiger partial charge < -0.3 is 10.5 Å². The summed E-state index contributed by atoms with van der Waals surface area (Å²) in [4.78, 5) is 0. The number of ether oxygens (including phenoxy) is 1. The van der Waals surface area contributed by atoms with Crippen LogP contribution >= 0.6 is 0 Å². The minimum absolute atomic E-state index is 0.0711. The van der Waals surface area contributed by atoms with Crippen LogP contribution in [-0.2, 0) is 0 Å². The molecular formula is C14H20N2O. The van der Waals surface area contributed by atoms with E-state index in [2.05, 4.69) is 11.2 Å². The van der Waals surface area contributed by atoms with E-state index in [0.29, 0.717) is 13.1 Å². The predicted octanol–water partition coefficient (Wildman–Crippen LogP) is 1.70. The highest BCUT2D eigenvalue weighted by atomic mass is 16.5. The third-order valence-electron chi connectivity index (χ3n) is 2.32. The summed E-state index contributed by atoms with van der Waals surface area (Å²) >= 11 is 0. The van der Waals surface area contributed by atoms with Crippen molar-refractivity contribution in [1.29, 1.82) is 0 Å². The molecule has 17 heavy (non-hydrogen) atoms. The van der Waals surface area contributed by atoms with E-state index in [1.165, 1.54) is 0 Å². The third-order valence-corrected chi connectivity index (χ3v) is 2.32. The summed E-state index contributed by atoms with van der Waals surface area (Å²) in [5.74, 6) is 3.41. The normalized spacial score (nSPS) is 12.2. The van der Waals surface area contributed by atoms with Crippen molar-refractivity contribution in [2.75, 3.05) is 13.1 Å². The van der Waals surface area contributed by atoms with Crippen molar-refractivity contribution in [1.82, 2.24) is 5.32 Å². The van der Waals surface area contributed by atoms with Crippen LogP contribution in [0, 0.1) is 12.3 Å². The van der Waals surface area contributed by atoms with E-state index in [4.69, 9.17) is 16.9 Å². The maximum absolute atomic E-state index is 5.72. The van der Waals surface area contributed by atoms with Crippen LogP contribution in [-0.4, -0.2) is 19.2 Å².